The van der Waals surface area contributed by atoms with Crippen LogP contribution in [0.5, 0.6) is 0 Å². The van der Waals surface area contributed by atoms with Crippen LogP contribution in [0.3, 0.4) is 0 Å². The van der Waals surface area contributed by atoms with Gasteiger partial charge in [-0.2, -0.15) is 0 Å². The van der Waals surface area contributed by atoms with Gasteiger partial charge in [0.05, 0.1) is 6.42 Å². The van der Waals surface area contributed by atoms with Crippen LogP contribution in [0.2, 0.25) is 0 Å². The first-order valence-corrected chi connectivity index (χ1v) is 5.83. The number of anilines is 1. The molecule has 0 spiro atoms. The highest BCUT2D eigenvalue weighted by Gasteiger charge is 2.36. The Balaban J connectivity index is 1.81. The molecule has 0 aromatic heterocycles. The van der Waals surface area contributed by atoms with E-state index < -0.39 is 0 Å². The van der Waals surface area contributed by atoms with Gasteiger partial charge in [0.25, 0.3) is 0 Å². The first kappa shape index (κ1) is 11.0. The first-order valence-electron chi connectivity index (χ1n) is 5.83. The fourth-order valence-electron chi connectivity index (χ4n) is 1.95. The Labute approximate surface area is 96.0 Å². The summed E-state index contributed by atoms with van der Waals surface area (Å²) in [5, 5.41) is 3.05. The van der Waals surface area contributed by atoms with Crippen LogP contribution in [0.4, 0.5) is 5.69 Å². The summed E-state index contributed by atoms with van der Waals surface area (Å²) in [4.78, 5) is 11.7. The van der Waals surface area contributed by atoms with Gasteiger partial charge in [-0.25, -0.2) is 0 Å². The monoisotopic (exact) mass is 218 g/mol. The lowest BCUT2D eigenvalue weighted by molar-refractivity contribution is -0.120. The molecule has 1 saturated carbocycles. The fraction of sp³-hybridized carbons (Fsp3) is 0.462. The Morgan fingerprint density at radius 1 is 1.44 bits per heavy atom. The van der Waals surface area contributed by atoms with Gasteiger partial charge in [-0.05, 0) is 30.0 Å². The van der Waals surface area contributed by atoms with Crippen molar-refractivity contribution in [1.82, 2.24) is 5.32 Å². The van der Waals surface area contributed by atoms with Crippen LogP contribution in [0.25, 0.3) is 0 Å². The number of nitrogens with one attached hydrogen (secondary N) is 1. The van der Waals surface area contributed by atoms with Crippen LogP contribution in [0.1, 0.15) is 25.3 Å². The smallest absolute Gasteiger partial charge is 0.224 e. The molecule has 16 heavy (non-hydrogen) atoms. The predicted octanol–water partition coefficient (Wildman–Crippen LogP) is 1.73. The highest BCUT2D eigenvalue weighted by molar-refractivity contribution is 5.79. The number of nitrogen functional groups attached to an aromatic ring is 1. The lowest BCUT2D eigenvalue weighted by atomic mass is 10.1. The third-order valence-electron chi connectivity index (χ3n) is 3.14. The van der Waals surface area contributed by atoms with Crippen molar-refractivity contribution in [2.75, 3.05) is 5.73 Å². The molecule has 1 aromatic carbocycles. The largest absolute Gasteiger partial charge is 0.399 e. The van der Waals surface area contributed by atoms with E-state index in [1.54, 1.807) is 0 Å². The molecule has 3 N–H and O–H groups in total. The zero-order valence-corrected chi connectivity index (χ0v) is 9.57. The van der Waals surface area contributed by atoms with Crippen LogP contribution in [-0.4, -0.2) is 11.9 Å². The predicted molar refractivity (Wildman–Crippen MR) is 64.9 cm³/mol. The van der Waals surface area contributed by atoms with Gasteiger partial charge in [-0.1, -0.05) is 25.5 Å². The minimum Gasteiger partial charge on any atom is -0.399 e. The molecule has 0 bridgehead atoms. The fourth-order valence-corrected chi connectivity index (χ4v) is 1.95. The molecular weight excluding hydrogens is 200 g/mol. The van der Waals surface area contributed by atoms with Gasteiger partial charge in [0, 0.05) is 11.7 Å². The normalized spacial score (nSPS) is 22.8. The van der Waals surface area contributed by atoms with E-state index in [0.29, 0.717) is 18.4 Å². The molecule has 2 rings (SSSR count). The maximum absolute atomic E-state index is 11.7. The van der Waals surface area contributed by atoms with E-state index in [0.717, 1.165) is 24.1 Å². The van der Waals surface area contributed by atoms with Crippen molar-refractivity contribution in [2.24, 2.45) is 5.92 Å². The molecule has 0 radical (unpaired) electrons. The van der Waals surface area contributed by atoms with Crippen LogP contribution in [-0.2, 0) is 11.2 Å². The summed E-state index contributed by atoms with van der Waals surface area (Å²) in [6.07, 6.45) is 2.75. The second-order valence-electron chi connectivity index (χ2n) is 4.50. The second-order valence-corrected chi connectivity index (χ2v) is 4.50. The Morgan fingerprint density at radius 2 is 2.12 bits per heavy atom. The average molecular weight is 218 g/mol. The van der Waals surface area contributed by atoms with Crippen molar-refractivity contribution in [1.29, 1.82) is 0 Å². The molecule has 1 fully saturated rings. The number of benzene rings is 1. The maximum Gasteiger partial charge on any atom is 0.224 e. The molecular formula is C13H18N2O. The molecule has 86 valence electrons. The van der Waals surface area contributed by atoms with Crippen molar-refractivity contribution in [3.05, 3.63) is 29.8 Å². The standard InChI is InChI=1S/C13H18N2O/c1-2-10-8-12(10)15-13(16)7-9-3-5-11(14)6-4-9/h3-6,10,12H,2,7-8,14H2,1H3,(H,15,16). The van der Waals surface area contributed by atoms with Gasteiger partial charge >= 0.3 is 0 Å². The highest BCUT2D eigenvalue weighted by atomic mass is 16.1. The topological polar surface area (TPSA) is 55.1 Å². The molecule has 0 saturated heterocycles. The van der Waals surface area contributed by atoms with Gasteiger partial charge in [0.15, 0.2) is 0 Å². The molecule has 2 atom stereocenters. The number of carbonyl (C=O) groups is 1. The summed E-state index contributed by atoms with van der Waals surface area (Å²) in [5.41, 5.74) is 7.33. The maximum atomic E-state index is 11.7. The third-order valence-corrected chi connectivity index (χ3v) is 3.14. The van der Waals surface area contributed by atoms with Crippen molar-refractivity contribution < 1.29 is 4.79 Å². The summed E-state index contributed by atoms with van der Waals surface area (Å²) in [5.74, 6) is 0.820. The van der Waals surface area contributed by atoms with Crippen molar-refractivity contribution in [3.63, 3.8) is 0 Å². The Morgan fingerprint density at radius 3 is 2.69 bits per heavy atom. The minimum absolute atomic E-state index is 0.116. The van der Waals surface area contributed by atoms with E-state index in [1.807, 2.05) is 24.3 Å². The summed E-state index contributed by atoms with van der Waals surface area (Å²) >= 11 is 0. The van der Waals surface area contributed by atoms with E-state index in [-0.39, 0.29) is 5.91 Å². The lowest BCUT2D eigenvalue weighted by Gasteiger charge is -2.04. The molecule has 1 aliphatic rings. The van der Waals surface area contributed by atoms with E-state index in [9.17, 15) is 4.79 Å². The van der Waals surface area contributed by atoms with Crippen molar-refractivity contribution in [3.8, 4) is 0 Å². The highest BCUT2D eigenvalue weighted by Crippen LogP contribution is 2.33. The van der Waals surface area contributed by atoms with Crippen LogP contribution >= 0.6 is 0 Å². The quantitative estimate of drug-likeness (QED) is 0.756. The molecule has 0 heterocycles. The zero-order chi connectivity index (χ0) is 11.5. The van der Waals surface area contributed by atoms with E-state index in [2.05, 4.69) is 12.2 Å². The molecule has 1 aliphatic carbocycles. The second kappa shape index (κ2) is 4.56. The molecule has 2 unspecified atom stereocenters. The van der Waals surface area contributed by atoms with Crippen LogP contribution in [0, 0.1) is 5.92 Å². The number of amides is 1. The first-order chi connectivity index (χ1) is 7.69. The number of hydrogen-bond donors (Lipinski definition) is 2. The average Bonchev–Trinajstić information content (AvgIpc) is 3.00. The SMILES string of the molecule is CCC1CC1NC(=O)Cc1ccc(N)cc1. The van der Waals surface area contributed by atoms with Crippen LogP contribution in [0.15, 0.2) is 24.3 Å². The van der Waals surface area contributed by atoms with Gasteiger partial charge in [0.1, 0.15) is 0 Å². The number of carbonyl (C=O) groups excluding carboxylic acids is 1. The van der Waals surface area contributed by atoms with Gasteiger partial charge < -0.3 is 11.1 Å². The molecule has 3 heteroatoms. The molecule has 1 aromatic rings. The van der Waals surface area contributed by atoms with Gasteiger partial charge in [-0.15, -0.1) is 0 Å². The number of rotatable bonds is 4. The summed E-state index contributed by atoms with van der Waals surface area (Å²) in [6, 6.07) is 7.88. The van der Waals surface area contributed by atoms with Gasteiger partial charge in [-0.3, -0.25) is 4.79 Å². The summed E-state index contributed by atoms with van der Waals surface area (Å²) in [6.45, 7) is 2.16. The third kappa shape index (κ3) is 2.75. The van der Waals surface area contributed by atoms with E-state index in [1.165, 1.54) is 0 Å². The van der Waals surface area contributed by atoms with Crippen molar-refractivity contribution >= 4 is 11.6 Å². The number of hydrogen-bond acceptors (Lipinski definition) is 2. The molecule has 0 aliphatic heterocycles. The summed E-state index contributed by atoms with van der Waals surface area (Å²) < 4.78 is 0. The minimum atomic E-state index is 0.116. The molecule has 1 amide bonds. The van der Waals surface area contributed by atoms with Gasteiger partial charge in [0.2, 0.25) is 5.91 Å². The lowest BCUT2D eigenvalue weighted by Crippen LogP contribution is -2.28. The van der Waals surface area contributed by atoms with Crippen LogP contribution < -0.4 is 11.1 Å². The Kier molecular flexibility index (Phi) is 3.13. The Hall–Kier alpha value is -1.51. The zero-order valence-electron chi connectivity index (χ0n) is 9.57. The van der Waals surface area contributed by atoms with Crippen molar-refractivity contribution in [2.45, 2.75) is 32.2 Å². The van der Waals surface area contributed by atoms with E-state index in [4.69, 9.17) is 5.73 Å². The Bertz CT molecular complexity index is 372. The summed E-state index contributed by atoms with van der Waals surface area (Å²) in [7, 11) is 0. The number of nitrogens with two attached hydrogens (primary N) is 1. The van der Waals surface area contributed by atoms with E-state index >= 15 is 0 Å². The molecule has 3 nitrogen and oxygen atoms in total.